The van der Waals surface area contributed by atoms with Crippen molar-refractivity contribution in [1.82, 2.24) is 20.4 Å². The topological polar surface area (TPSA) is 71.3 Å². The molecule has 3 rings (SSSR count). The van der Waals surface area contributed by atoms with E-state index in [0.29, 0.717) is 18.7 Å². The number of benzene rings is 1. The zero-order valence-corrected chi connectivity index (χ0v) is 13.5. The first kappa shape index (κ1) is 17.2. The van der Waals surface area contributed by atoms with Gasteiger partial charge in [0, 0.05) is 24.7 Å². The van der Waals surface area contributed by atoms with Gasteiger partial charge in [0.25, 0.3) is 0 Å². The first-order chi connectivity index (χ1) is 11.9. The summed E-state index contributed by atoms with van der Waals surface area (Å²) in [5.74, 6) is -1.50. The maximum absolute atomic E-state index is 12.5. The first-order valence-electron chi connectivity index (χ1n) is 7.92. The van der Waals surface area contributed by atoms with Gasteiger partial charge < -0.3 is 14.7 Å². The van der Waals surface area contributed by atoms with Crippen molar-refractivity contribution in [2.75, 3.05) is 6.54 Å². The summed E-state index contributed by atoms with van der Waals surface area (Å²) in [5.41, 5.74) is 1.27. The zero-order valence-electron chi connectivity index (χ0n) is 13.5. The van der Waals surface area contributed by atoms with E-state index < -0.39 is 12.1 Å². The van der Waals surface area contributed by atoms with E-state index in [0.717, 1.165) is 18.4 Å². The normalized spacial score (nSPS) is 14.4. The van der Waals surface area contributed by atoms with Gasteiger partial charge in [0.15, 0.2) is 0 Å². The van der Waals surface area contributed by atoms with Crippen LogP contribution in [0.5, 0.6) is 0 Å². The highest BCUT2D eigenvalue weighted by atomic mass is 19.4. The molecule has 0 spiro atoms. The van der Waals surface area contributed by atoms with Gasteiger partial charge in [0.05, 0.1) is 0 Å². The zero-order chi connectivity index (χ0) is 18.0. The van der Waals surface area contributed by atoms with Gasteiger partial charge >= 0.3 is 18.1 Å². The Morgan fingerprint density at radius 1 is 1.32 bits per heavy atom. The molecule has 1 aromatic carbocycles. The lowest BCUT2D eigenvalue weighted by Gasteiger charge is -2.21. The van der Waals surface area contributed by atoms with Crippen molar-refractivity contribution in [1.29, 1.82) is 0 Å². The molecule has 0 atom stereocenters. The summed E-state index contributed by atoms with van der Waals surface area (Å²) in [4.78, 5) is 17.1. The fraction of sp³-hybridized carbons (Fsp3) is 0.438. The lowest BCUT2D eigenvalue weighted by atomic mass is 10.1. The highest BCUT2D eigenvalue weighted by molar-refractivity contribution is 5.74. The molecule has 1 aliphatic carbocycles. The average Bonchev–Trinajstić information content (AvgIpc) is 3.23. The Balaban J connectivity index is 1.67. The van der Waals surface area contributed by atoms with Gasteiger partial charge in [-0.25, -0.2) is 4.79 Å². The van der Waals surface area contributed by atoms with Gasteiger partial charge in [-0.3, -0.25) is 0 Å². The Bertz CT molecular complexity index is 739. The third kappa shape index (κ3) is 4.28. The highest BCUT2D eigenvalue weighted by Crippen LogP contribution is 2.29. The SMILES string of the molecule is CCN(Cc1ccc(-c2noc(C(F)(F)F)n2)cc1)C(=O)NC1CC1. The van der Waals surface area contributed by atoms with E-state index >= 15 is 0 Å². The number of aromatic nitrogens is 2. The molecule has 0 aliphatic heterocycles. The predicted molar refractivity (Wildman–Crippen MR) is 82.4 cm³/mol. The summed E-state index contributed by atoms with van der Waals surface area (Å²) in [5, 5.41) is 6.27. The molecule has 1 fully saturated rings. The van der Waals surface area contributed by atoms with E-state index in [2.05, 4.69) is 20.0 Å². The molecular formula is C16H17F3N4O2. The molecule has 1 N–H and O–H groups in total. The molecule has 1 aliphatic rings. The van der Waals surface area contributed by atoms with Gasteiger partial charge in [-0.1, -0.05) is 29.4 Å². The predicted octanol–water partition coefficient (Wildman–Crippen LogP) is 3.45. The van der Waals surface area contributed by atoms with Crippen molar-refractivity contribution in [2.24, 2.45) is 0 Å². The number of halogens is 3. The summed E-state index contributed by atoms with van der Waals surface area (Å²) < 4.78 is 41.7. The Labute approximate surface area is 142 Å². The van der Waals surface area contributed by atoms with Crippen LogP contribution in [0.25, 0.3) is 11.4 Å². The molecule has 0 saturated heterocycles. The van der Waals surface area contributed by atoms with Crippen LogP contribution in [0.2, 0.25) is 0 Å². The molecule has 0 radical (unpaired) electrons. The van der Waals surface area contributed by atoms with Crippen LogP contribution in [-0.4, -0.2) is 33.7 Å². The van der Waals surface area contributed by atoms with E-state index in [-0.39, 0.29) is 17.9 Å². The van der Waals surface area contributed by atoms with Gasteiger partial charge in [-0.2, -0.15) is 18.2 Å². The van der Waals surface area contributed by atoms with Gasteiger partial charge in [-0.15, -0.1) is 0 Å². The molecule has 2 amide bonds. The number of hydrogen-bond donors (Lipinski definition) is 1. The minimum atomic E-state index is -4.66. The molecule has 6 nitrogen and oxygen atoms in total. The number of amides is 2. The summed E-state index contributed by atoms with van der Waals surface area (Å²) in [6.07, 6.45) is -2.63. The van der Waals surface area contributed by atoms with Crippen LogP contribution in [0.1, 0.15) is 31.2 Å². The molecule has 0 bridgehead atoms. The number of nitrogens with one attached hydrogen (secondary N) is 1. The minimum absolute atomic E-state index is 0.109. The summed E-state index contributed by atoms with van der Waals surface area (Å²) in [6.45, 7) is 2.86. The summed E-state index contributed by atoms with van der Waals surface area (Å²) in [7, 11) is 0. The maximum Gasteiger partial charge on any atom is 0.471 e. The quantitative estimate of drug-likeness (QED) is 0.893. The van der Waals surface area contributed by atoms with Crippen molar-refractivity contribution < 1.29 is 22.5 Å². The second-order valence-electron chi connectivity index (χ2n) is 5.86. The lowest BCUT2D eigenvalue weighted by Crippen LogP contribution is -2.40. The minimum Gasteiger partial charge on any atom is -0.335 e. The van der Waals surface area contributed by atoms with Crippen LogP contribution in [0.3, 0.4) is 0 Å². The Kier molecular flexibility index (Phi) is 4.65. The van der Waals surface area contributed by atoms with Crippen molar-refractivity contribution in [2.45, 2.75) is 38.5 Å². The Morgan fingerprint density at radius 3 is 2.52 bits per heavy atom. The van der Waals surface area contributed by atoms with Crippen LogP contribution in [0.15, 0.2) is 28.8 Å². The molecule has 25 heavy (non-hydrogen) atoms. The van der Waals surface area contributed by atoms with E-state index in [1.165, 1.54) is 0 Å². The molecule has 1 aromatic heterocycles. The largest absolute Gasteiger partial charge is 0.471 e. The molecule has 9 heteroatoms. The number of carbonyl (C=O) groups is 1. The molecule has 134 valence electrons. The summed E-state index contributed by atoms with van der Waals surface area (Å²) >= 11 is 0. The molecule has 2 aromatic rings. The Hall–Kier alpha value is -2.58. The van der Waals surface area contributed by atoms with Crippen LogP contribution in [-0.2, 0) is 12.7 Å². The number of hydrogen-bond acceptors (Lipinski definition) is 4. The standard InChI is InChI=1S/C16H17F3N4O2/c1-2-23(15(24)20-12-7-8-12)9-10-3-5-11(6-4-10)13-21-14(25-22-13)16(17,18)19/h3-6,12H,2,7-9H2,1H3,(H,20,24). The van der Waals surface area contributed by atoms with Crippen LogP contribution in [0.4, 0.5) is 18.0 Å². The maximum atomic E-state index is 12.5. The third-order valence-electron chi connectivity index (χ3n) is 3.83. The van der Waals surface area contributed by atoms with Gasteiger partial charge in [-0.05, 0) is 25.3 Å². The highest BCUT2D eigenvalue weighted by Gasteiger charge is 2.38. The second kappa shape index (κ2) is 6.73. The van der Waals surface area contributed by atoms with Gasteiger partial charge in [0.1, 0.15) is 0 Å². The number of nitrogens with zero attached hydrogens (tertiary/aromatic N) is 3. The molecule has 1 heterocycles. The number of urea groups is 1. The number of rotatable bonds is 5. The van der Waals surface area contributed by atoms with E-state index in [4.69, 9.17) is 0 Å². The third-order valence-corrected chi connectivity index (χ3v) is 3.83. The first-order valence-corrected chi connectivity index (χ1v) is 7.92. The van der Waals surface area contributed by atoms with Crippen molar-refractivity contribution in [3.8, 4) is 11.4 Å². The summed E-state index contributed by atoms with van der Waals surface area (Å²) in [6, 6.07) is 6.84. The van der Waals surface area contributed by atoms with Gasteiger partial charge in [0.2, 0.25) is 5.82 Å². The van der Waals surface area contributed by atoms with Crippen LogP contribution < -0.4 is 5.32 Å². The molecular weight excluding hydrogens is 337 g/mol. The fourth-order valence-corrected chi connectivity index (χ4v) is 2.26. The number of carbonyl (C=O) groups excluding carboxylic acids is 1. The number of alkyl halides is 3. The average molecular weight is 354 g/mol. The smallest absolute Gasteiger partial charge is 0.335 e. The molecule has 1 saturated carbocycles. The lowest BCUT2D eigenvalue weighted by molar-refractivity contribution is -0.159. The Morgan fingerprint density at radius 2 is 2.00 bits per heavy atom. The van der Waals surface area contributed by atoms with Crippen molar-refractivity contribution in [3.05, 3.63) is 35.7 Å². The van der Waals surface area contributed by atoms with E-state index in [1.807, 2.05) is 6.92 Å². The monoisotopic (exact) mass is 354 g/mol. The second-order valence-corrected chi connectivity index (χ2v) is 5.86. The van der Waals surface area contributed by atoms with Crippen molar-refractivity contribution in [3.63, 3.8) is 0 Å². The van der Waals surface area contributed by atoms with E-state index in [9.17, 15) is 18.0 Å². The van der Waals surface area contributed by atoms with Crippen LogP contribution in [0, 0.1) is 0 Å². The van der Waals surface area contributed by atoms with E-state index in [1.54, 1.807) is 29.2 Å². The van der Waals surface area contributed by atoms with Crippen molar-refractivity contribution >= 4 is 6.03 Å². The van der Waals surface area contributed by atoms with Crippen LogP contribution >= 0.6 is 0 Å². The molecule has 0 unspecified atom stereocenters. The fourth-order valence-electron chi connectivity index (χ4n) is 2.26.